The standard InChI is InChI=1S/C15H13FN2O4/c1-9-3-4-11(7-14(9)18(20)21)10(2)22-15(19)12-5-6-17-8-13(12)16/h3-8,10H,1-2H3/t10-/m1/s1. The van der Waals surface area contributed by atoms with E-state index in [4.69, 9.17) is 4.74 Å². The number of ether oxygens (including phenoxy) is 1. The molecule has 1 atom stereocenters. The molecule has 0 aliphatic carbocycles. The monoisotopic (exact) mass is 304 g/mol. The van der Waals surface area contributed by atoms with Crippen molar-refractivity contribution in [1.29, 1.82) is 0 Å². The van der Waals surface area contributed by atoms with Gasteiger partial charge in [0.2, 0.25) is 0 Å². The molecule has 0 N–H and O–H groups in total. The van der Waals surface area contributed by atoms with Crippen LogP contribution in [-0.4, -0.2) is 15.9 Å². The summed E-state index contributed by atoms with van der Waals surface area (Å²) in [4.78, 5) is 25.9. The third-order valence-corrected chi connectivity index (χ3v) is 3.18. The Hall–Kier alpha value is -2.83. The first-order valence-corrected chi connectivity index (χ1v) is 6.45. The van der Waals surface area contributed by atoms with Crippen LogP contribution in [0, 0.1) is 22.9 Å². The van der Waals surface area contributed by atoms with Crippen molar-refractivity contribution in [2.45, 2.75) is 20.0 Å². The Morgan fingerprint density at radius 2 is 2.14 bits per heavy atom. The van der Waals surface area contributed by atoms with Gasteiger partial charge < -0.3 is 4.74 Å². The molecule has 0 spiro atoms. The van der Waals surface area contributed by atoms with Gasteiger partial charge in [0.1, 0.15) is 6.10 Å². The normalized spacial score (nSPS) is 11.8. The minimum absolute atomic E-state index is 0.0597. The number of esters is 1. The molecule has 22 heavy (non-hydrogen) atoms. The van der Waals surface area contributed by atoms with Crippen LogP contribution < -0.4 is 0 Å². The highest BCUT2D eigenvalue weighted by molar-refractivity contribution is 5.89. The Labute approximate surface area is 125 Å². The van der Waals surface area contributed by atoms with Gasteiger partial charge in [-0.15, -0.1) is 0 Å². The number of carbonyl (C=O) groups is 1. The number of carbonyl (C=O) groups excluding carboxylic acids is 1. The van der Waals surface area contributed by atoms with E-state index in [-0.39, 0.29) is 11.3 Å². The van der Waals surface area contributed by atoms with Crippen molar-refractivity contribution < 1.29 is 18.8 Å². The highest BCUT2D eigenvalue weighted by Gasteiger charge is 2.19. The van der Waals surface area contributed by atoms with Crippen molar-refractivity contribution in [2.24, 2.45) is 0 Å². The second-order valence-corrected chi connectivity index (χ2v) is 4.71. The van der Waals surface area contributed by atoms with Crippen LogP contribution in [0.3, 0.4) is 0 Å². The fourth-order valence-corrected chi connectivity index (χ4v) is 1.91. The van der Waals surface area contributed by atoms with E-state index in [9.17, 15) is 19.3 Å². The Balaban J connectivity index is 2.21. The molecule has 1 aromatic carbocycles. The van der Waals surface area contributed by atoms with Gasteiger partial charge in [-0.25, -0.2) is 9.18 Å². The molecule has 6 nitrogen and oxygen atoms in total. The second-order valence-electron chi connectivity index (χ2n) is 4.71. The van der Waals surface area contributed by atoms with Gasteiger partial charge in [-0.2, -0.15) is 0 Å². The largest absolute Gasteiger partial charge is 0.454 e. The Morgan fingerprint density at radius 3 is 2.77 bits per heavy atom. The first-order chi connectivity index (χ1) is 10.4. The Bertz CT molecular complexity index is 733. The van der Waals surface area contributed by atoms with Gasteiger partial charge in [-0.3, -0.25) is 15.1 Å². The summed E-state index contributed by atoms with van der Waals surface area (Å²) < 4.78 is 18.6. The molecule has 0 aliphatic rings. The van der Waals surface area contributed by atoms with E-state index in [0.29, 0.717) is 11.1 Å². The summed E-state index contributed by atoms with van der Waals surface area (Å²) >= 11 is 0. The molecule has 0 fully saturated rings. The predicted molar refractivity (Wildman–Crippen MR) is 75.9 cm³/mol. The topological polar surface area (TPSA) is 82.3 Å². The summed E-state index contributed by atoms with van der Waals surface area (Å²) in [6.07, 6.45) is 1.44. The highest BCUT2D eigenvalue weighted by Crippen LogP contribution is 2.26. The first kappa shape index (κ1) is 15.6. The van der Waals surface area contributed by atoms with Crippen molar-refractivity contribution in [3.8, 4) is 0 Å². The van der Waals surface area contributed by atoms with Gasteiger partial charge in [0.25, 0.3) is 5.69 Å². The van der Waals surface area contributed by atoms with Gasteiger partial charge in [-0.1, -0.05) is 12.1 Å². The summed E-state index contributed by atoms with van der Waals surface area (Å²) in [5.74, 6) is -1.63. The molecule has 0 unspecified atom stereocenters. The van der Waals surface area contributed by atoms with Crippen molar-refractivity contribution >= 4 is 11.7 Å². The van der Waals surface area contributed by atoms with Crippen LogP contribution in [0.4, 0.5) is 10.1 Å². The number of aromatic nitrogens is 1. The molecule has 2 aromatic rings. The molecule has 0 saturated heterocycles. The predicted octanol–water partition coefficient (Wildman–Crippen LogP) is 3.36. The molecule has 0 aliphatic heterocycles. The van der Waals surface area contributed by atoms with Crippen LogP contribution in [0.2, 0.25) is 0 Å². The number of rotatable bonds is 4. The minimum atomic E-state index is -0.851. The second kappa shape index (κ2) is 6.30. The van der Waals surface area contributed by atoms with Crippen LogP contribution in [0.1, 0.15) is 34.5 Å². The number of hydrogen-bond donors (Lipinski definition) is 0. The number of nitro benzene ring substituents is 1. The van der Waals surface area contributed by atoms with Gasteiger partial charge in [0, 0.05) is 17.8 Å². The number of nitrogens with zero attached hydrogens (tertiary/aromatic N) is 2. The van der Waals surface area contributed by atoms with Gasteiger partial charge in [0.15, 0.2) is 5.82 Å². The SMILES string of the molecule is Cc1ccc([C@@H](C)OC(=O)c2ccncc2F)cc1[N+](=O)[O-]. The van der Waals surface area contributed by atoms with Crippen molar-refractivity contribution in [3.05, 3.63) is 69.3 Å². The lowest BCUT2D eigenvalue weighted by molar-refractivity contribution is -0.385. The highest BCUT2D eigenvalue weighted by atomic mass is 19.1. The quantitative estimate of drug-likeness (QED) is 0.491. The van der Waals surface area contributed by atoms with E-state index in [1.807, 2.05) is 0 Å². The third kappa shape index (κ3) is 3.25. The van der Waals surface area contributed by atoms with E-state index < -0.39 is 22.8 Å². The summed E-state index contributed by atoms with van der Waals surface area (Å²) in [6, 6.07) is 5.76. The van der Waals surface area contributed by atoms with E-state index in [1.54, 1.807) is 26.0 Å². The van der Waals surface area contributed by atoms with E-state index in [1.165, 1.54) is 18.3 Å². The Morgan fingerprint density at radius 1 is 1.41 bits per heavy atom. The molecule has 0 bridgehead atoms. The number of pyridine rings is 1. The molecule has 0 amide bonds. The zero-order chi connectivity index (χ0) is 16.3. The average Bonchev–Trinajstić information content (AvgIpc) is 2.47. The van der Waals surface area contributed by atoms with Crippen LogP contribution in [-0.2, 0) is 4.74 Å². The summed E-state index contributed by atoms with van der Waals surface area (Å²) in [5, 5.41) is 10.9. The molecular formula is C15H13FN2O4. The molecule has 1 aromatic heterocycles. The van der Waals surface area contributed by atoms with E-state index in [0.717, 1.165) is 6.20 Å². The molecule has 2 rings (SSSR count). The van der Waals surface area contributed by atoms with Crippen molar-refractivity contribution in [3.63, 3.8) is 0 Å². The fourth-order valence-electron chi connectivity index (χ4n) is 1.91. The maximum Gasteiger partial charge on any atom is 0.341 e. The van der Waals surface area contributed by atoms with Crippen LogP contribution in [0.25, 0.3) is 0 Å². The van der Waals surface area contributed by atoms with E-state index in [2.05, 4.69) is 4.98 Å². The number of hydrogen-bond acceptors (Lipinski definition) is 5. The van der Waals surface area contributed by atoms with Gasteiger partial charge in [-0.05, 0) is 25.5 Å². The maximum atomic E-state index is 13.5. The van der Waals surface area contributed by atoms with Gasteiger partial charge >= 0.3 is 5.97 Å². The lowest BCUT2D eigenvalue weighted by atomic mass is 10.1. The lowest BCUT2D eigenvalue weighted by Gasteiger charge is -2.14. The third-order valence-electron chi connectivity index (χ3n) is 3.18. The van der Waals surface area contributed by atoms with Crippen LogP contribution in [0.5, 0.6) is 0 Å². The average molecular weight is 304 g/mol. The smallest absolute Gasteiger partial charge is 0.341 e. The molecule has 0 radical (unpaired) electrons. The van der Waals surface area contributed by atoms with Crippen LogP contribution >= 0.6 is 0 Å². The molecule has 114 valence electrons. The van der Waals surface area contributed by atoms with Crippen LogP contribution in [0.15, 0.2) is 36.7 Å². The first-order valence-electron chi connectivity index (χ1n) is 6.45. The fraction of sp³-hybridized carbons (Fsp3) is 0.200. The van der Waals surface area contributed by atoms with Gasteiger partial charge in [0.05, 0.1) is 16.7 Å². The zero-order valence-electron chi connectivity index (χ0n) is 11.9. The van der Waals surface area contributed by atoms with Crippen molar-refractivity contribution in [2.75, 3.05) is 0 Å². The lowest BCUT2D eigenvalue weighted by Crippen LogP contribution is -2.11. The minimum Gasteiger partial charge on any atom is -0.454 e. The molecule has 0 saturated carbocycles. The number of benzene rings is 1. The summed E-state index contributed by atoms with van der Waals surface area (Å²) in [7, 11) is 0. The molecular weight excluding hydrogens is 291 g/mol. The maximum absolute atomic E-state index is 13.5. The number of nitro groups is 1. The zero-order valence-corrected chi connectivity index (χ0v) is 11.9. The summed E-state index contributed by atoms with van der Waals surface area (Å²) in [5.41, 5.74) is 0.673. The summed E-state index contributed by atoms with van der Waals surface area (Å²) in [6.45, 7) is 3.18. The van der Waals surface area contributed by atoms with Crippen molar-refractivity contribution in [1.82, 2.24) is 4.98 Å². The number of aryl methyl sites for hydroxylation is 1. The van der Waals surface area contributed by atoms with E-state index >= 15 is 0 Å². The Kier molecular flexibility index (Phi) is 4.45. The molecule has 7 heteroatoms. The molecule has 1 heterocycles. The number of halogens is 1.